The molecule has 3 aromatic rings. The molecule has 1 aliphatic rings. The van der Waals surface area contributed by atoms with Gasteiger partial charge >= 0.3 is 5.97 Å². The normalized spacial score (nSPS) is 14.4. The van der Waals surface area contributed by atoms with Gasteiger partial charge < -0.3 is 14.2 Å². The van der Waals surface area contributed by atoms with Crippen molar-refractivity contribution in [1.29, 1.82) is 0 Å². The molecule has 0 unspecified atom stereocenters. The Morgan fingerprint density at radius 1 is 1.03 bits per heavy atom. The van der Waals surface area contributed by atoms with Gasteiger partial charge in [-0.15, -0.1) is 0 Å². The van der Waals surface area contributed by atoms with Gasteiger partial charge in [0, 0.05) is 10.6 Å². The van der Waals surface area contributed by atoms with Crippen LogP contribution in [0.25, 0.3) is 6.08 Å². The second-order valence-electron chi connectivity index (χ2n) is 6.49. The molecule has 3 aromatic carbocycles. The minimum absolute atomic E-state index is 0.208. The zero-order valence-corrected chi connectivity index (χ0v) is 16.9. The van der Waals surface area contributed by atoms with Crippen molar-refractivity contribution in [3.05, 3.63) is 100 Å². The molecule has 0 bridgehead atoms. The molecule has 1 heterocycles. The van der Waals surface area contributed by atoms with Gasteiger partial charge in [-0.25, -0.2) is 9.79 Å². The van der Waals surface area contributed by atoms with E-state index in [9.17, 15) is 4.79 Å². The predicted octanol–water partition coefficient (Wildman–Crippen LogP) is 5.27. The third kappa shape index (κ3) is 4.36. The molecular formula is C24H18ClNO4. The Kier molecular flexibility index (Phi) is 5.82. The summed E-state index contributed by atoms with van der Waals surface area (Å²) in [5.41, 5.74) is 2.49. The van der Waals surface area contributed by atoms with E-state index < -0.39 is 5.97 Å². The predicted molar refractivity (Wildman–Crippen MR) is 116 cm³/mol. The molecule has 0 fully saturated rings. The number of aliphatic imine (C=N–C) groups is 1. The van der Waals surface area contributed by atoms with E-state index in [4.69, 9.17) is 25.8 Å². The monoisotopic (exact) mass is 419 g/mol. The van der Waals surface area contributed by atoms with Gasteiger partial charge in [0.15, 0.2) is 5.70 Å². The Balaban J connectivity index is 1.54. The van der Waals surface area contributed by atoms with Crippen molar-refractivity contribution in [3.8, 4) is 11.5 Å². The van der Waals surface area contributed by atoms with Crippen molar-refractivity contribution in [1.82, 2.24) is 0 Å². The highest BCUT2D eigenvalue weighted by molar-refractivity contribution is 6.31. The first kappa shape index (κ1) is 19.7. The van der Waals surface area contributed by atoms with Gasteiger partial charge in [-0.1, -0.05) is 54.1 Å². The van der Waals surface area contributed by atoms with Crippen molar-refractivity contribution in [2.45, 2.75) is 6.61 Å². The molecular weight excluding hydrogens is 402 g/mol. The number of methoxy groups -OCH3 is 1. The zero-order chi connectivity index (χ0) is 20.9. The number of carbonyl (C=O) groups excluding carboxylic acids is 1. The van der Waals surface area contributed by atoms with E-state index in [-0.39, 0.29) is 11.6 Å². The summed E-state index contributed by atoms with van der Waals surface area (Å²) in [4.78, 5) is 16.6. The van der Waals surface area contributed by atoms with Crippen LogP contribution in [0, 0.1) is 0 Å². The van der Waals surface area contributed by atoms with E-state index in [1.165, 1.54) is 0 Å². The topological polar surface area (TPSA) is 57.1 Å². The summed E-state index contributed by atoms with van der Waals surface area (Å²) in [5.74, 6) is 0.943. The van der Waals surface area contributed by atoms with Gasteiger partial charge in [-0.2, -0.15) is 0 Å². The summed E-state index contributed by atoms with van der Waals surface area (Å²) in [6.07, 6.45) is 1.66. The second kappa shape index (κ2) is 8.84. The molecule has 5 nitrogen and oxygen atoms in total. The molecule has 0 saturated heterocycles. The molecule has 0 spiro atoms. The molecule has 0 atom stereocenters. The lowest BCUT2D eigenvalue weighted by atomic mass is 10.2. The fourth-order valence-electron chi connectivity index (χ4n) is 2.97. The van der Waals surface area contributed by atoms with Gasteiger partial charge in [-0.3, -0.25) is 0 Å². The van der Waals surface area contributed by atoms with Gasteiger partial charge in [0.2, 0.25) is 5.90 Å². The fourth-order valence-corrected chi connectivity index (χ4v) is 3.16. The Bertz CT molecular complexity index is 1150. The van der Waals surface area contributed by atoms with Crippen LogP contribution in [-0.2, 0) is 16.1 Å². The molecule has 4 rings (SSSR count). The first-order valence-electron chi connectivity index (χ1n) is 9.26. The first-order chi connectivity index (χ1) is 14.6. The number of para-hydroxylation sites is 1. The Labute approximate surface area is 179 Å². The largest absolute Gasteiger partial charge is 0.496 e. The standard InChI is InChI=1S/C24H18ClNO4/c1-28-22-12-5-3-10-19(22)23-26-21(24(27)30-23)14-16-7-6-9-18(13-16)29-15-17-8-2-4-11-20(17)25/h2-14H,15H2,1H3/b21-14+. The number of nitrogens with zero attached hydrogens (tertiary/aromatic N) is 1. The SMILES string of the molecule is COc1ccccc1C1=N/C(=C/c2cccc(OCc3ccccc3Cl)c2)C(=O)O1. The molecule has 150 valence electrons. The van der Waals surface area contributed by atoms with Crippen LogP contribution < -0.4 is 9.47 Å². The highest BCUT2D eigenvalue weighted by atomic mass is 35.5. The number of esters is 1. The molecule has 0 aliphatic carbocycles. The highest BCUT2D eigenvalue weighted by Gasteiger charge is 2.26. The average Bonchev–Trinajstić information content (AvgIpc) is 3.13. The van der Waals surface area contributed by atoms with E-state index in [2.05, 4.69) is 4.99 Å². The maximum absolute atomic E-state index is 12.3. The van der Waals surface area contributed by atoms with Crippen LogP contribution in [-0.4, -0.2) is 19.0 Å². The number of benzene rings is 3. The Hall–Kier alpha value is -3.57. The number of rotatable bonds is 6. The van der Waals surface area contributed by atoms with E-state index in [0.717, 1.165) is 11.1 Å². The van der Waals surface area contributed by atoms with Crippen LogP contribution >= 0.6 is 11.6 Å². The van der Waals surface area contributed by atoms with Crippen molar-refractivity contribution in [3.63, 3.8) is 0 Å². The molecule has 0 saturated carbocycles. The summed E-state index contributed by atoms with van der Waals surface area (Å²) in [5, 5.41) is 0.655. The van der Waals surface area contributed by atoms with E-state index in [0.29, 0.717) is 28.7 Å². The van der Waals surface area contributed by atoms with E-state index >= 15 is 0 Å². The smallest absolute Gasteiger partial charge is 0.363 e. The summed E-state index contributed by atoms with van der Waals surface area (Å²) in [7, 11) is 1.56. The molecule has 0 amide bonds. The van der Waals surface area contributed by atoms with Crippen LogP contribution in [0.15, 0.2) is 83.5 Å². The van der Waals surface area contributed by atoms with E-state index in [1.807, 2.05) is 60.7 Å². The van der Waals surface area contributed by atoms with Crippen LogP contribution in [0.4, 0.5) is 0 Å². The van der Waals surface area contributed by atoms with E-state index in [1.54, 1.807) is 25.3 Å². The van der Waals surface area contributed by atoms with Crippen molar-refractivity contribution in [2.24, 2.45) is 4.99 Å². The third-order valence-corrected chi connectivity index (χ3v) is 4.84. The zero-order valence-electron chi connectivity index (χ0n) is 16.2. The number of hydrogen-bond donors (Lipinski definition) is 0. The number of ether oxygens (including phenoxy) is 3. The Morgan fingerprint density at radius 2 is 1.83 bits per heavy atom. The molecule has 6 heteroatoms. The first-order valence-corrected chi connectivity index (χ1v) is 9.64. The summed E-state index contributed by atoms with van der Waals surface area (Å²) >= 11 is 6.17. The number of carbonyl (C=O) groups is 1. The second-order valence-corrected chi connectivity index (χ2v) is 6.90. The van der Waals surface area contributed by atoms with Crippen LogP contribution in [0.2, 0.25) is 5.02 Å². The van der Waals surface area contributed by atoms with Crippen LogP contribution in [0.5, 0.6) is 11.5 Å². The number of cyclic esters (lactones) is 1. The molecule has 30 heavy (non-hydrogen) atoms. The van der Waals surface area contributed by atoms with Crippen LogP contribution in [0.1, 0.15) is 16.7 Å². The maximum atomic E-state index is 12.3. The minimum atomic E-state index is -0.515. The highest BCUT2D eigenvalue weighted by Crippen LogP contribution is 2.26. The lowest BCUT2D eigenvalue weighted by Crippen LogP contribution is -2.06. The van der Waals surface area contributed by atoms with Crippen LogP contribution in [0.3, 0.4) is 0 Å². The quantitative estimate of drug-likeness (QED) is 0.403. The number of hydrogen-bond acceptors (Lipinski definition) is 5. The average molecular weight is 420 g/mol. The van der Waals surface area contributed by atoms with Crippen molar-refractivity contribution < 1.29 is 19.0 Å². The Morgan fingerprint density at radius 3 is 2.67 bits per heavy atom. The van der Waals surface area contributed by atoms with Crippen molar-refractivity contribution in [2.75, 3.05) is 7.11 Å². The molecule has 0 radical (unpaired) electrons. The lowest BCUT2D eigenvalue weighted by molar-refractivity contribution is -0.129. The molecule has 0 N–H and O–H groups in total. The third-order valence-electron chi connectivity index (χ3n) is 4.47. The molecule has 0 aromatic heterocycles. The summed E-state index contributed by atoms with van der Waals surface area (Å²) < 4.78 is 16.5. The fraction of sp³-hybridized carbons (Fsp3) is 0.0833. The summed E-state index contributed by atoms with van der Waals surface area (Å²) in [6.45, 7) is 0.345. The maximum Gasteiger partial charge on any atom is 0.363 e. The number of halogens is 1. The summed E-state index contributed by atoms with van der Waals surface area (Å²) in [6, 6.07) is 22.1. The van der Waals surface area contributed by atoms with Gasteiger partial charge in [0.1, 0.15) is 18.1 Å². The van der Waals surface area contributed by atoms with Crippen molar-refractivity contribution >= 4 is 29.5 Å². The van der Waals surface area contributed by atoms with Gasteiger partial charge in [0.05, 0.1) is 12.7 Å². The van der Waals surface area contributed by atoms with Gasteiger partial charge in [-0.05, 0) is 42.0 Å². The minimum Gasteiger partial charge on any atom is -0.496 e. The lowest BCUT2D eigenvalue weighted by Gasteiger charge is -2.08. The van der Waals surface area contributed by atoms with Gasteiger partial charge in [0.25, 0.3) is 0 Å². The molecule has 1 aliphatic heterocycles.